The number of nitrogens with one attached hydrogen (secondary N) is 1. The summed E-state index contributed by atoms with van der Waals surface area (Å²) in [6.07, 6.45) is 0. The van der Waals surface area contributed by atoms with Crippen molar-refractivity contribution in [2.45, 2.75) is 4.90 Å². The van der Waals surface area contributed by atoms with Crippen LogP contribution in [0.25, 0.3) is 0 Å². The number of hydrogen-bond acceptors (Lipinski definition) is 3. The summed E-state index contributed by atoms with van der Waals surface area (Å²) in [4.78, 5) is 0.918. The van der Waals surface area contributed by atoms with Crippen molar-refractivity contribution in [3.63, 3.8) is 0 Å². The van der Waals surface area contributed by atoms with Crippen LogP contribution in [0.1, 0.15) is 0 Å². The highest BCUT2D eigenvalue weighted by Gasteiger charge is 1.97. The molecule has 0 aliphatic heterocycles. The van der Waals surface area contributed by atoms with Crippen molar-refractivity contribution >= 4 is 16.9 Å². The molecule has 3 N–H and O–H groups in total. The van der Waals surface area contributed by atoms with E-state index >= 15 is 0 Å². The molecule has 0 fully saturated rings. The van der Waals surface area contributed by atoms with Gasteiger partial charge in [-0.05, 0) is 18.2 Å². The van der Waals surface area contributed by atoms with Gasteiger partial charge in [-0.2, -0.15) is 0 Å². The first-order valence-corrected chi connectivity index (χ1v) is 4.20. The lowest BCUT2D eigenvalue weighted by molar-refractivity contribution is 0.413. The second-order valence-electron chi connectivity index (χ2n) is 2.15. The number of amidine groups is 1. The van der Waals surface area contributed by atoms with Crippen LogP contribution in [0, 0.1) is 5.41 Å². The lowest BCUT2D eigenvalue weighted by Gasteiger charge is -2.01. The molecule has 12 heavy (non-hydrogen) atoms. The van der Waals surface area contributed by atoms with Crippen molar-refractivity contribution in [2.75, 3.05) is 7.11 Å². The Bertz CT molecular complexity index is 288. The van der Waals surface area contributed by atoms with Crippen LogP contribution in [0.2, 0.25) is 0 Å². The minimum atomic E-state index is 0.0863. The largest absolute Gasteiger partial charge is 0.497 e. The van der Waals surface area contributed by atoms with Gasteiger partial charge >= 0.3 is 0 Å². The molecule has 3 nitrogen and oxygen atoms in total. The maximum atomic E-state index is 7.06. The van der Waals surface area contributed by atoms with Gasteiger partial charge in [0.2, 0.25) is 0 Å². The number of nitrogens with two attached hydrogens (primary N) is 1. The smallest absolute Gasteiger partial charge is 0.155 e. The quantitative estimate of drug-likeness (QED) is 0.415. The third-order valence-corrected chi connectivity index (χ3v) is 1.98. The van der Waals surface area contributed by atoms with E-state index in [0.29, 0.717) is 0 Å². The molecule has 1 aromatic carbocycles. The Morgan fingerprint density at radius 3 is 2.92 bits per heavy atom. The van der Waals surface area contributed by atoms with Crippen LogP contribution in [0.15, 0.2) is 29.2 Å². The topological polar surface area (TPSA) is 59.1 Å². The van der Waals surface area contributed by atoms with Crippen molar-refractivity contribution in [3.05, 3.63) is 24.3 Å². The van der Waals surface area contributed by atoms with E-state index in [-0.39, 0.29) is 5.17 Å². The summed E-state index contributed by atoms with van der Waals surface area (Å²) >= 11 is 1.21. The predicted octanol–water partition coefficient (Wildman–Crippen LogP) is 1.68. The number of benzene rings is 1. The van der Waals surface area contributed by atoms with Crippen LogP contribution in [0.3, 0.4) is 0 Å². The fraction of sp³-hybridized carbons (Fsp3) is 0.125. The monoisotopic (exact) mass is 182 g/mol. The maximum Gasteiger partial charge on any atom is 0.155 e. The Kier molecular flexibility index (Phi) is 2.99. The minimum absolute atomic E-state index is 0.0863. The molecule has 0 radical (unpaired) electrons. The van der Waals surface area contributed by atoms with E-state index in [1.807, 2.05) is 24.3 Å². The zero-order valence-corrected chi connectivity index (χ0v) is 7.52. The second kappa shape index (κ2) is 4.01. The third kappa shape index (κ3) is 2.47. The first-order valence-electron chi connectivity index (χ1n) is 3.38. The second-order valence-corrected chi connectivity index (χ2v) is 3.26. The summed E-state index contributed by atoms with van der Waals surface area (Å²) < 4.78 is 5.01. The van der Waals surface area contributed by atoms with E-state index < -0.39 is 0 Å². The molecule has 0 amide bonds. The summed E-state index contributed by atoms with van der Waals surface area (Å²) in [5.41, 5.74) is 5.22. The fourth-order valence-corrected chi connectivity index (χ4v) is 1.37. The first-order chi connectivity index (χ1) is 5.72. The lowest BCUT2D eigenvalue weighted by atomic mass is 10.3. The lowest BCUT2D eigenvalue weighted by Crippen LogP contribution is -2.02. The van der Waals surface area contributed by atoms with Crippen LogP contribution in [-0.2, 0) is 0 Å². The number of ether oxygens (including phenoxy) is 1. The first kappa shape index (κ1) is 8.93. The molecule has 1 rings (SSSR count). The minimum Gasteiger partial charge on any atom is -0.497 e. The van der Waals surface area contributed by atoms with Crippen molar-refractivity contribution in [3.8, 4) is 5.75 Å². The Morgan fingerprint density at radius 1 is 1.58 bits per heavy atom. The van der Waals surface area contributed by atoms with Gasteiger partial charge in [0.05, 0.1) is 7.11 Å². The Balaban J connectivity index is 2.79. The molecule has 0 aliphatic rings. The van der Waals surface area contributed by atoms with E-state index in [4.69, 9.17) is 15.9 Å². The summed E-state index contributed by atoms with van der Waals surface area (Å²) in [6, 6.07) is 7.44. The summed E-state index contributed by atoms with van der Waals surface area (Å²) in [5, 5.41) is 7.15. The molecule has 0 saturated carbocycles. The van der Waals surface area contributed by atoms with Gasteiger partial charge in [-0.25, -0.2) is 0 Å². The number of thioether (sulfide) groups is 1. The molecule has 0 saturated heterocycles. The maximum absolute atomic E-state index is 7.06. The SMILES string of the molecule is COc1cccc(SC(=N)N)c1. The average Bonchev–Trinajstić information content (AvgIpc) is 2.03. The van der Waals surface area contributed by atoms with Gasteiger partial charge in [0.15, 0.2) is 5.17 Å². The standard InChI is InChI=1S/C8H10N2OS/c1-11-6-3-2-4-7(5-6)12-8(9)10/h2-5H,1H3,(H3,9,10). The van der Waals surface area contributed by atoms with Crippen LogP contribution in [0.5, 0.6) is 5.75 Å². The normalized spacial score (nSPS) is 9.42. The third-order valence-electron chi connectivity index (χ3n) is 1.27. The highest BCUT2D eigenvalue weighted by Crippen LogP contribution is 2.21. The van der Waals surface area contributed by atoms with Crippen LogP contribution in [0.4, 0.5) is 0 Å². The molecular weight excluding hydrogens is 172 g/mol. The van der Waals surface area contributed by atoms with Crippen molar-refractivity contribution in [1.82, 2.24) is 0 Å². The van der Waals surface area contributed by atoms with Gasteiger partial charge in [-0.1, -0.05) is 17.8 Å². The highest BCUT2D eigenvalue weighted by molar-refractivity contribution is 8.13. The zero-order chi connectivity index (χ0) is 8.97. The molecule has 0 unspecified atom stereocenters. The van der Waals surface area contributed by atoms with Gasteiger partial charge in [0, 0.05) is 4.90 Å². The number of rotatable bonds is 2. The summed E-state index contributed by atoms with van der Waals surface area (Å²) in [7, 11) is 1.61. The van der Waals surface area contributed by atoms with E-state index in [0.717, 1.165) is 10.6 Å². The molecule has 64 valence electrons. The molecule has 0 aromatic heterocycles. The van der Waals surface area contributed by atoms with Gasteiger partial charge in [-0.15, -0.1) is 0 Å². The number of methoxy groups -OCH3 is 1. The molecule has 1 aromatic rings. The van der Waals surface area contributed by atoms with E-state index in [9.17, 15) is 0 Å². The van der Waals surface area contributed by atoms with Crippen molar-refractivity contribution < 1.29 is 4.74 Å². The van der Waals surface area contributed by atoms with Crippen molar-refractivity contribution in [2.24, 2.45) is 5.73 Å². The van der Waals surface area contributed by atoms with E-state index in [1.165, 1.54) is 11.8 Å². The highest BCUT2D eigenvalue weighted by atomic mass is 32.2. The Morgan fingerprint density at radius 2 is 2.33 bits per heavy atom. The molecule has 0 heterocycles. The molecule has 4 heteroatoms. The molecule has 0 spiro atoms. The van der Waals surface area contributed by atoms with Gasteiger partial charge in [0.25, 0.3) is 0 Å². The van der Waals surface area contributed by atoms with Crippen LogP contribution < -0.4 is 10.5 Å². The van der Waals surface area contributed by atoms with Gasteiger partial charge in [0.1, 0.15) is 5.75 Å². The van der Waals surface area contributed by atoms with Crippen LogP contribution in [-0.4, -0.2) is 12.3 Å². The molecule has 0 bridgehead atoms. The number of hydrogen-bond donors (Lipinski definition) is 2. The van der Waals surface area contributed by atoms with Gasteiger partial charge < -0.3 is 10.5 Å². The zero-order valence-electron chi connectivity index (χ0n) is 6.70. The van der Waals surface area contributed by atoms with E-state index in [1.54, 1.807) is 7.11 Å². The predicted molar refractivity (Wildman–Crippen MR) is 50.8 cm³/mol. The average molecular weight is 182 g/mol. The van der Waals surface area contributed by atoms with Crippen LogP contribution >= 0.6 is 11.8 Å². The molecular formula is C8H10N2OS. The fourth-order valence-electron chi connectivity index (χ4n) is 0.792. The molecule has 0 atom stereocenters. The summed E-state index contributed by atoms with van der Waals surface area (Å²) in [5.74, 6) is 0.779. The Hall–Kier alpha value is -1.16. The Labute approximate surface area is 75.4 Å². The summed E-state index contributed by atoms with van der Waals surface area (Å²) in [6.45, 7) is 0. The van der Waals surface area contributed by atoms with E-state index in [2.05, 4.69) is 0 Å². The van der Waals surface area contributed by atoms with Gasteiger partial charge in [-0.3, -0.25) is 5.41 Å². The molecule has 0 aliphatic carbocycles. The van der Waals surface area contributed by atoms with Crippen molar-refractivity contribution in [1.29, 1.82) is 5.41 Å².